The quantitative estimate of drug-likeness (QED) is 0.383. The standard InChI is InChI=1S/C25H19BrFN3O2/c26-19-10-6-16(7-11-19)14-22(31)30-25-23(24(32)18-4-2-1-3-5-18)29-21(15-28-25)17-8-12-20(27)13-9-17/h1-13,15,24,32H,14H2,(H,28,30,31). The first-order chi connectivity index (χ1) is 15.5. The molecule has 1 amide bonds. The molecule has 0 saturated carbocycles. The van der Waals surface area contributed by atoms with Crippen LogP contribution in [-0.4, -0.2) is 21.0 Å². The third-order valence-electron chi connectivity index (χ3n) is 4.85. The van der Waals surface area contributed by atoms with Gasteiger partial charge in [-0.05, 0) is 47.5 Å². The lowest BCUT2D eigenvalue weighted by Crippen LogP contribution is -2.19. The Labute approximate surface area is 193 Å². The number of aliphatic hydroxyl groups excluding tert-OH is 1. The van der Waals surface area contributed by atoms with Gasteiger partial charge < -0.3 is 10.4 Å². The molecule has 1 unspecified atom stereocenters. The number of nitrogens with zero attached hydrogens (tertiary/aromatic N) is 2. The minimum Gasteiger partial charge on any atom is -0.382 e. The van der Waals surface area contributed by atoms with Crippen molar-refractivity contribution in [1.29, 1.82) is 0 Å². The van der Waals surface area contributed by atoms with Crippen molar-refractivity contribution in [1.82, 2.24) is 9.97 Å². The maximum Gasteiger partial charge on any atom is 0.229 e. The predicted octanol–water partition coefficient (Wildman–Crippen LogP) is 5.31. The van der Waals surface area contributed by atoms with Crippen LogP contribution in [-0.2, 0) is 11.2 Å². The molecule has 1 aromatic heterocycles. The molecule has 0 aliphatic rings. The number of hydrogen-bond acceptors (Lipinski definition) is 4. The molecule has 4 rings (SSSR count). The molecule has 0 aliphatic carbocycles. The second-order valence-corrected chi connectivity index (χ2v) is 8.08. The number of anilines is 1. The molecule has 0 fully saturated rings. The fourth-order valence-corrected chi connectivity index (χ4v) is 3.47. The van der Waals surface area contributed by atoms with Crippen molar-refractivity contribution in [2.24, 2.45) is 0 Å². The number of hydrogen-bond donors (Lipinski definition) is 2. The van der Waals surface area contributed by atoms with E-state index >= 15 is 0 Å². The van der Waals surface area contributed by atoms with E-state index in [1.54, 1.807) is 24.3 Å². The van der Waals surface area contributed by atoms with Gasteiger partial charge in [0.1, 0.15) is 17.6 Å². The minimum atomic E-state index is -1.10. The van der Waals surface area contributed by atoms with Crippen LogP contribution in [0.4, 0.5) is 10.2 Å². The summed E-state index contributed by atoms with van der Waals surface area (Å²) in [6.07, 6.45) is 0.534. The highest BCUT2D eigenvalue weighted by atomic mass is 79.9. The summed E-state index contributed by atoms with van der Waals surface area (Å²) in [4.78, 5) is 21.6. The van der Waals surface area contributed by atoms with Crippen molar-refractivity contribution in [3.63, 3.8) is 0 Å². The number of halogens is 2. The molecule has 0 bridgehead atoms. The van der Waals surface area contributed by atoms with Crippen molar-refractivity contribution in [3.8, 4) is 11.3 Å². The summed E-state index contributed by atoms with van der Waals surface area (Å²) in [5.74, 6) is -0.463. The van der Waals surface area contributed by atoms with E-state index in [0.717, 1.165) is 10.0 Å². The van der Waals surface area contributed by atoms with Gasteiger partial charge in [-0.25, -0.2) is 14.4 Å². The monoisotopic (exact) mass is 491 g/mol. The summed E-state index contributed by atoms with van der Waals surface area (Å²) >= 11 is 3.38. The number of amides is 1. The summed E-state index contributed by atoms with van der Waals surface area (Å²) in [5, 5.41) is 13.8. The normalized spacial score (nSPS) is 11.7. The third-order valence-corrected chi connectivity index (χ3v) is 5.38. The highest BCUT2D eigenvalue weighted by Gasteiger charge is 2.20. The van der Waals surface area contributed by atoms with Gasteiger partial charge in [0, 0.05) is 10.0 Å². The van der Waals surface area contributed by atoms with Crippen molar-refractivity contribution in [2.75, 3.05) is 5.32 Å². The zero-order chi connectivity index (χ0) is 22.5. The Bertz CT molecular complexity index is 1220. The topological polar surface area (TPSA) is 75.1 Å². The number of aliphatic hydroxyl groups is 1. The molecule has 0 aliphatic heterocycles. The van der Waals surface area contributed by atoms with Gasteiger partial charge in [0.15, 0.2) is 5.82 Å². The molecule has 0 saturated heterocycles. The summed E-state index contributed by atoms with van der Waals surface area (Å²) < 4.78 is 14.2. The first-order valence-corrected chi connectivity index (χ1v) is 10.7. The van der Waals surface area contributed by atoms with Gasteiger partial charge in [0.2, 0.25) is 5.91 Å². The molecule has 32 heavy (non-hydrogen) atoms. The predicted molar refractivity (Wildman–Crippen MR) is 124 cm³/mol. The lowest BCUT2D eigenvalue weighted by molar-refractivity contribution is -0.115. The van der Waals surface area contributed by atoms with Crippen LogP contribution in [0.1, 0.15) is 22.9 Å². The fraction of sp³-hybridized carbons (Fsp3) is 0.0800. The van der Waals surface area contributed by atoms with E-state index in [0.29, 0.717) is 16.8 Å². The van der Waals surface area contributed by atoms with Gasteiger partial charge in [-0.1, -0.05) is 58.4 Å². The molecule has 0 radical (unpaired) electrons. The molecule has 4 aromatic rings. The maximum absolute atomic E-state index is 13.3. The van der Waals surface area contributed by atoms with Gasteiger partial charge in [-0.2, -0.15) is 0 Å². The van der Waals surface area contributed by atoms with Crippen LogP contribution in [0, 0.1) is 5.82 Å². The van der Waals surface area contributed by atoms with Crippen LogP contribution in [0.5, 0.6) is 0 Å². The Hall–Kier alpha value is -3.42. The number of aromatic nitrogens is 2. The van der Waals surface area contributed by atoms with E-state index in [-0.39, 0.29) is 29.7 Å². The summed E-state index contributed by atoms with van der Waals surface area (Å²) in [6.45, 7) is 0. The van der Waals surface area contributed by atoms with E-state index in [1.165, 1.54) is 18.3 Å². The Morgan fingerprint density at radius 3 is 2.38 bits per heavy atom. The number of carbonyl (C=O) groups is 1. The van der Waals surface area contributed by atoms with Crippen LogP contribution < -0.4 is 5.32 Å². The smallest absolute Gasteiger partial charge is 0.229 e. The Balaban J connectivity index is 1.66. The van der Waals surface area contributed by atoms with E-state index < -0.39 is 6.10 Å². The molecule has 3 aromatic carbocycles. The highest BCUT2D eigenvalue weighted by molar-refractivity contribution is 9.10. The number of nitrogens with one attached hydrogen (secondary N) is 1. The van der Waals surface area contributed by atoms with E-state index in [1.807, 2.05) is 42.5 Å². The molecule has 5 nitrogen and oxygen atoms in total. The fourth-order valence-electron chi connectivity index (χ4n) is 3.21. The Morgan fingerprint density at radius 1 is 1.00 bits per heavy atom. The van der Waals surface area contributed by atoms with E-state index in [2.05, 4.69) is 31.2 Å². The van der Waals surface area contributed by atoms with Gasteiger partial charge in [-0.3, -0.25) is 4.79 Å². The van der Waals surface area contributed by atoms with Crippen LogP contribution in [0.15, 0.2) is 89.5 Å². The van der Waals surface area contributed by atoms with Crippen molar-refractivity contribution in [2.45, 2.75) is 12.5 Å². The molecule has 7 heteroatoms. The summed E-state index contributed by atoms with van der Waals surface area (Å²) in [5.41, 5.74) is 2.77. The molecule has 0 spiro atoms. The van der Waals surface area contributed by atoms with Gasteiger partial charge in [-0.15, -0.1) is 0 Å². The molecule has 1 atom stereocenters. The minimum absolute atomic E-state index is 0.148. The molecule has 160 valence electrons. The largest absolute Gasteiger partial charge is 0.382 e. The lowest BCUT2D eigenvalue weighted by atomic mass is 10.1. The first kappa shape index (κ1) is 21.8. The van der Waals surface area contributed by atoms with E-state index in [9.17, 15) is 14.3 Å². The number of rotatable bonds is 6. The Morgan fingerprint density at radius 2 is 1.69 bits per heavy atom. The van der Waals surface area contributed by atoms with Gasteiger partial charge in [0.05, 0.1) is 18.3 Å². The zero-order valence-corrected chi connectivity index (χ0v) is 18.5. The van der Waals surface area contributed by atoms with Gasteiger partial charge in [0.25, 0.3) is 0 Å². The number of carbonyl (C=O) groups excluding carboxylic acids is 1. The second kappa shape index (κ2) is 9.80. The average molecular weight is 492 g/mol. The van der Waals surface area contributed by atoms with Gasteiger partial charge >= 0.3 is 0 Å². The lowest BCUT2D eigenvalue weighted by Gasteiger charge is -2.16. The summed E-state index contributed by atoms with van der Waals surface area (Å²) in [7, 11) is 0. The zero-order valence-electron chi connectivity index (χ0n) is 16.9. The average Bonchev–Trinajstić information content (AvgIpc) is 2.81. The summed E-state index contributed by atoms with van der Waals surface area (Å²) in [6, 6.07) is 22.3. The third kappa shape index (κ3) is 5.25. The highest BCUT2D eigenvalue weighted by Crippen LogP contribution is 2.28. The molecule has 2 N–H and O–H groups in total. The Kier molecular flexibility index (Phi) is 6.68. The van der Waals surface area contributed by atoms with Crippen LogP contribution >= 0.6 is 15.9 Å². The molecular formula is C25H19BrFN3O2. The van der Waals surface area contributed by atoms with Crippen LogP contribution in [0.3, 0.4) is 0 Å². The molecular weight excluding hydrogens is 473 g/mol. The molecule has 1 heterocycles. The van der Waals surface area contributed by atoms with E-state index in [4.69, 9.17) is 0 Å². The van der Waals surface area contributed by atoms with Crippen LogP contribution in [0.25, 0.3) is 11.3 Å². The van der Waals surface area contributed by atoms with Crippen LogP contribution in [0.2, 0.25) is 0 Å². The SMILES string of the molecule is O=C(Cc1ccc(Br)cc1)Nc1ncc(-c2ccc(F)cc2)nc1C(O)c1ccccc1. The first-order valence-electron chi connectivity index (χ1n) is 9.90. The van der Waals surface area contributed by atoms with Crippen molar-refractivity contribution >= 4 is 27.7 Å². The second-order valence-electron chi connectivity index (χ2n) is 7.16. The number of benzene rings is 3. The van der Waals surface area contributed by atoms with Crippen molar-refractivity contribution < 1.29 is 14.3 Å². The maximum atomic E-state index is 13.3. The van der Waals surface area contributed by atoms with Crippen molar-refractivity contribution in [3.05, 3.63) is 112 Å².